The van der Waals surface area contributed by atoms with E-state index in [1.807, 2.05) is 11.4 Å². The number of thiazole rings is 1. The topological polar surface area (TPSA) is 71.5 Å². The van der Waals surface area contributed by atoms with E-state index in [9.17, 15) is 9.59 Å². The van der Waals surface area contributed by atoms with Gasteiger partial charge in [0.05, 0.1) is 35.3 Å². The highest BCUT2D eigenvalue weighted by atomic mass is 32.1. The molecule has 1 N–H and O–H groups in total. The fraction of sp³-hybridized carbons (Fsp3) is 0.278. The van der Waals surface area contributed by atoms with Gasteiger partial charge in [-0.05, 0) is 37.1 Å². The van der Waals surface area contributed by atoms with Crippen molar-refractivity contribution < 1.29 is 14.3 Å². The molecule has 0 bridgehead atoms. The Morgan fingerprint density at radius 2 is 2.12 bits per heavy atom. The lowest BCUT2D eigenvalue weighted by Gasteiger charge is -2.22. The standard InChI is InChI=1S/C18H19N3O3S/c1-24-18(23)13-4-6-16(21-8-2-3-9-21)15(10-13)20-17(22)7-5-14-11-25-12-19-14/h4-7,10-12H,2-3,8-9H2,1H3,(H,20,22)/b7-5+. The van der Waals surface area contributed by atoms with Crippen molar-refractivity contribution in [1.29, 1.82) is 0 Å². The summed E-state index contributed by atoms with van der Waals surface area (Å²) in [4.78, 5) is 30.4. The average molecular weight is 357 g/mol. The highest BCUT2D eigenvalue weighted by molar-refractivity contribution is 7.07. The van der Waals surface area contributed by atoms with Crippen molar-refractivity contribution in [3.63, 3.8) is 0 Å². The van der Waals surface area contributed by atoms with E-state index >= 15 is 0 Å². The Morgan fingerprint density at radius 1 is 1.32 bits per heavy atom. The molecule has 0 aliphatic carbocycles. The first kappa shape index (κ1) is 17.2. The second-order valence-corrected chi connectivity index (χ2v) is 6.37. The summed E-state index contributed by atoms with van der Waals surface area (Å²) in [7, 11) is 1.34. The number of esters is 1. The summed E-state index contributed by atoms with van der Waals surface area (Å²) in [5.41, 5.74) is 4.38. The molecule has 1 aliphatic heterocycles. The average Bonchev–Trinajstić information content (AvgIpc) is 3.33. The zero-order valence-electron chi connectivity index (χ0n) is 13.9. The number of amides is 1. The van der Waals surface area contributed by atoms with Crippen LogP contribution in [-0.2, 0) is 9.53 Å². The van der Waals surface area contributed by atoms with Gasteiger partial charge in [-0.1, -0.05) is 0 Å². The molecule has 1 saturated heterocycles. The third kappa shape index (κ3) is 4.24. The van der Waals surface area contributed by atoms with Gasteiger partial charge in [-0.25, -0.2) is 9.78 Å². The van der Waals surface area contributed by atoms with Crippen molar-refractivity contribution in [3.05, 3.63) is 46.4 Å². The minimum Gasteiger partial charge on any atom is -0.465 e. The molecule has 1 aliphatic rings. The van der Waals surface area contributed by atoms with Gasteiger partial charge in [0.1, 0.15) is 0 Å². The quantitative estimate of drug-likeness (QED) is 0.657. The zero-order chi connectivity index (χ0) is 17.6. The van der Waals surface area contributed by atoms with Gasteiger partial charge in [0.15, 0.2) is 0 Å². The molecule has 1 fully saturated rings. The summed E-state index contributed by atoms with van der Waals surface area (Å²) in [6.07, 6.45) is 5.34. The van der Waals surface area contributed by atoms with Crippen LogP contribution in [0.1, 0.15) is 28.9 Å². The highest BCUT2D eigenvalue weighted by Gasteiger charge is 2.18. The Bertz CT molecular complexity index is 781. The van der Waals surface area contributed by atoms with Gasteiger partial charge < -0.3 is 15.0 Å². The summed E-state index contributed by atoms with van der Waals surface area (Å²) >= 11 is 1.47. The van der Waals surface area contributed by atoms with Crippen molar-refractivity contribution >= 4 is 40.7 Å². The van der Waals surface area contributed by atoms with Crippen molar-refractivity contribution in [2.45, 2.75) is 12.8 Å². The summed E-state index contributed by atoms with van der Waals surface area (Å²) < 4.78 is 4.77. The maximum absolute atomic E-state index is 12.3. The molecular weight excluding hydrogens is 338 g/mol. The smallest absolute Gasteiger partial charge is 0.337 e. The first-order valence-corrected chi connectivity index (χ1v) is 8.96. The lowest BCUT2D eigenvalue weighted by Crippen LogP contribution is -2.21. The van der Waals surface area contributed by atoms with E-state index in [0.717, 1.165) is 37.3 Å². The first-order chi connectivity index (χ1) is 12.2. The second-order valence-electron chi connectivity index (χ2n) is 5.65. The lowest BCUT2D eigenvalue weighted by atomic mass is 10.1. The maximum Gasteiger partial charge on any atom is 0.337 e. The Balaban J connectivity index is 1.83. The normalized spacial score (nSPS) is 14.0. The molecule has 0 spiro atoms. The summed E-state index contributed by atoms with van der Waals surface area (Å²) in [6.45, 7) is 1.88. The molecule has 0 atom stereocenters. The molecule has 1 amide bonds. The number of nitrogens with zero attached hydrogens (tertiary/aromatic N) is 2. The van der Waals surface area contributed by atoms with E-state index in [4.69, 9.17) is 4.74 Å². The Labute approximate surface area is 150 Å². The number of hydrogen-bond acceptors (Lipinski definition) is 6. The predicted octanol–water partition coefficient (Wildman–Crippen LogP) is 3.18. The predicted molar refractivity (Wildman–Crippen MR) is 99.0 cm³/mol. The second kappa shape index (κ2) is 7.94. The fourth-order valence-corrected chi connectivity index (χ4v) is 3.28. The summed E-state index contributed by atoms with van der Waals surface area (Å²) in [5.74, 6) is -0.697. The van der Waals surface area contributed by atoms with Gasteiger partial charge in [0, 0.05) is 24.5 Å². The van der Waals surface area contributed by atoms with Crippen LogP contribution in [0.25, 0.3) is 6.08 Å². The molecular formula is C18H19N3O3S. The number of nitrogens with one attached hydrogen (secondary N) is 1. The number of benzene rings is 1. The van der Waals surface area contributed by atoms with Crippen LogP contribution in [-0.4, -0.2) is 37.1 Å². The van der Waals surface area contributed by atoms with Crippen LogP contribution in [0, 0.1) is 0 Å². The van der Waals surface area contributed by atoms with E-state index < -0.39 is 5.97 Å². The molecule has 25 heavy (non-hydrogen) atoms. The Morgan fingerprint density at radius 3 is 2.80 bits per heavy atom. The minimum absolute atomic E-state index is 0.268. The van der Waals surface area contributed by atoms with Crippen molar-refractivity contribution in [3.8, 4) is 0 Å². The minimum atomic E-state index is -0.429. The lowest BCUT2D eigenvalue weighted by molar-refractivity contribution is -0.111. The van der Waals surface area contributed by atoms with E-state index in [2.05, 4.69) is 15.2 Å². The SMILES string of the molecule is COC(=O)c1ccc(N2CCCC2)c(NC(=O)/C=C/c2cscn2)c1. The maximum atomic E-state index is 12.3. The van der Waals surface area contributed by atoms with Crippen molar-refractivity contribution in [2.24, 2.45) is 0 Å². The molecule has 130 valence electrons. The van der Waals surface area contributed by atoms with E-state index in [0.29, 0.717) is 11.3 Å². The largest absolute Gasteiger partial charge is 0.465 e. The van der Waals surface area contributed by atoms with E-state index in [1.165, 1.54) is 24.5 Å². The summed E-state index contributed by atoms with van der Waals surface area (Å²) in [5, 5.41) is 4.73. The molecule has 6 nitrogen and oxygen atoms in total. The zero-order valence-corrected chi connectivity index (χ0v) is 14.7. The van der Waals surface area contributed by atoms with Crippen LogP contribution in [0.2, 0.25) is 0 Å². The van der Waals surface area contributed by atoms with Gasteiger partial charge in [0.25, 0.3) is 0 Å². The number of rotatable bonds is 5. The number of ether oxygens (including phenoxy) is 1. The molecule has 3 rings (SSSR count). The molecule has 1 aromatic heterocycles. The van der Waals surface area contributed by atoms with Gasteiger partial charge in [-0.15, -0.1) is 11.3 Å². The van der Waals surface area contributed by atoms with E-state index in [-0.39, 0.29) is 5.91 Å². The van der Waals surface area contributed by atoms with Crippen LogP contribution < -0.4 is 10.2 Å². The third-order valence-corrected chi connectivity index (χ3v) is 4.58. The number of aromatic nitrogens is 1. The van der Waals surface area contributed by atoms with Crippen molar-refractivity contribution in [1.82, 2.24) is 4.98 Å². The van der Waals surface area contributed by atoms with Crippen LogP contribution >= 0.6 is 11.3 Å². The molecule has 0 saturated carbocycles. The van der Waals surface area contributed by atoms with Gasteiger partial charge in [-0.2, -0.15) is 0 Å². The van der Waals surface area contributed by atoms with E-state index in [1.54, 1.807) is 23.7 Å². The van der Waals surface area contributed by atoms with Crippen molar-refractivity contribution in [2.75, 3.05) is 30.4 Å². The fourth-order valence-electron chi connectivity index (χ4n) is 2.75. The molecule has 1 aromatic carbocycles. The molecule has 0 unspecified atom stereocenters. The molecule has 2 aromatic rings. The van der Waals surface area contributed by atoms with Crippen LogP contribution in [0.5, 0.6) is 0 Å². The van der Waals surface area contributed by atoms with Crippen LogP contribution in [0.15, 0.2) is 35.2 Å². The number of methoxy groups -OCH3 is 1. The Hall–Kier alpha value is -2.67. The number of carbonyl (C=O) groups is 2. The van der Waals surface area contributed by atoms with Gasteiger partial charge in [0.2, 0.25) is 5.91 Å². The van der Waals surface area contributed by atoms with Gasteiger partial charge >= 0.3 is 5.97 Å². The van der Waals surface area contributed by atoms with Crippen LogP contribution in [0.4, 0.5) is 11.4 Å². The number of hydrogen-bond donors (Lipinski definition) is 1. The summed E-state index contributed by atoms with van der Waals surface area (Å²) in [6, 6.07) is 5.24. The highest BCUT2D eigenvalue weighted by Crippen LogP contribution is 2.30. The third-order valence-electron chi connectivity index (χ3n) is 3.98. The molecule has 7 heteroatoms. The first-order valence-electron chi connectivity index (χ1n) is 8.02. The monoisotopic (exact) mass is 357 g/mol. The molecule has 0 radical (unpaired) electrons. The Kier molecular flexibility index (Phi) is 5.45. The number of anilines is 2. The van der Waals surface area contributed by atoms with Crippen LogP contribution in [0.3, 0.4) is 0 Å². The van der Waals surface area contributed by atoms with Gasteiger partial charge in [-0.3, -0.25) is 4.79 Å². The number of carbonyl (C=O) groups excluding carboxylic acids is 2. The molecule has 2 heterocycles.